The summed E-state index contributed by atoms with van der Waals surface area (Å²) in [4.78, 5) is 22.7. The van der Waals surface area contributed by atoms with Crippen molar-refractivity contribution in [1.29, 1.82) is 0 Å². The Balaban J connectivity index is 4.60. The Morgan fingerprint density at radius 1 is 1.21 bits per heavy atom. The van der Waals surface area contributed by atoms with Crippen LogP contribution < -0.4 is 5.73 Å². The molecule has 0 amide bonds. The van der Waals surface area contributed by atoms with Crippen LogP contribution >= 0.6 is 15.9 Å². The molecule has 0 saturated heterocycles. The first-order valence-corrected chi connectivity index (χ1v) is 5.34. The third kappa shape index (κ3) is 2.95. The van der Waals surface area contributed by atoms with Crippen LogP contribution in [0.15, 0.2) is 0 Å². The fraction of sp³-hybridized carbons (Fsp3) is 0.750. The number of carbonyl (C=O) groups excluding carboxylic acids is 2. The summed E-state index contributed by atoms with van der Waals surface area (Å²) in [5.41, 5.74) is 3.82. The maximum absolute atomic E-state index is 11.3. The van der Waals surface area contributed by atoms with E-state index in [0.717, 1.165) is 0 Å². The van der Waals surface area contributed by atoms with Crippen molar-refractivity contribution in [3.63, 3.8) is 0 Å². The highest BCUT2D eigenvalue weighted by Crippen LogP contribution is 2.10. The van der Waals surface area contributed by atoms with Gasteiger partial charge >= 0.3 is 11.9 Å². The lowest BCUT2D eigenvalue weighted by molar-refractivity contribution is -0.162. The van der Waals surface area contributed by atoms with E-state index in [9.17, 15) is 9.59 Å². The molecule has 82 valence electrons. The molecule has 0 saturated carbocycles. The fourth-order valence-corrected chi connectivity index (χ4v) is 1.17. The van der Waals surface area contributed by atoms with Gasteiger partial charge in [-0.15, -0.1) is 0 Å². The van der Waals surface area contributed by atoms with Crippen molar-refractivity contribution in [3.05, 3.63) is 0 Å². The largest absolute Gasteiger partial charge is 0.464 e. The molecule has 6 heteroatoms. The molecule has 0 aromatic rings. The number of ether oxygens (including phenoxy) is 2. The Hall–Kier alpha value is -0.620. The van der Waals surface area contributed by atoms with Gasteiger partial charge < -0.3 is 15.2 Å². The number of alkyl halides is 1. The predicted octanol–water partition coefficient (Wildman–Crippen LogP) is 0.205. The van der Waals surface area contributed by atoms with Crippen LogP contribution in [0.4, 0.5) is 0 Å². The summed E-state index contributed by atoms with van der Waals surface area (Å²) in [6.45, 7) is 3.61. The predicted molar refractivity (Wildman–Crippen MR) is 54.0 cm³/mol. The molecule has 0 fully saturated rings. The van der Waals surface area contributed by atoms with Crippen molar-refractivity contribution in [1.82, 2.24) is 0 Å². The standard InChI is InChI=1S/C8H14BrNO4/c1-3-13-6(11)8(10,5-9)7(12)14-4-2/h3-5,10H2,1-2H3. The first kappa shape index (κ1) is 13.4. The number of hydrogen-bond acceptors (Lipinski definition) is 5. The number of rotatable bonds is 5. The molecule has 0 atom stereocenters. The zero-order chi connectivity index (χ0) is 11.2. The lowest BCUT2D eigenvalue weighted by Crippen LogP contribution is -2.58. The maximum Gasteiger partial charge on any atom is 0.338 e. The van der Waals surface area contributed by atoms with Gasteiger partial charge in [0.05, 0.1) is 13.2 Å². The molecule has 0 rings (SSSR count). The highest BCUT2D eigenvalue weighted by molar-refractivity contribution is 9.09. The molecule has 0 spiro atoms. The summed E-state index contributed by atoms with van der Waals surface area (Å²) in [7, 11) is 0. The van der Waals surface area contributed by atoms with Gasteiger partial charge in [-0.05, 0) is 13.8 Å². The minimum absolute atomic E-state index is 0.0301. The molecule has 5 nitrogen and oxygen atoms in total. The Morgan fingerprint density at radius 2 is 1.57 bits per heavy atom. The van der Waals surface area contributed by atoms with Gasteiger partial charge in [-0.3, -0.25) is 0 Å². The van der Waals surface area contributed by atoms with Crippen LogP contribution in [0.2, 0.25) is 0 Å². The SMILES string of the molecule is CCOC(=O)C(N)(CBr)C(=O)OCC. The molecule has 0 aromatic carbocycles. The average Bonchev–Trinajstić information content (AvgIpc) is 2.17. The van der Waals surface area contributed by atoms with E-state index in [2.05, 4.69) is 25.4 Å². The Labute approximate surface area is 91.1 Å². The summed E-state index contributed by atoms with van der Waals surface area (Å²) in [6, 6.07) is 0. The van der Waals surface area contributed by atoms with Crippen molar-refractivity contribution >= 4 is 27.9 Å². The molecule has 0 bridgehead atoms. The first-order valence-electron chi connectivity index (χ1n) is 4.22. The van der Waals surface area contributed by atoms with Crippen LogP contribution in [0.5, 0.6) is 0 Å². The lowest BCUT2D eigenvalue weighted by atomic mass is 10.1. The maximum atomic E-state index is 11.3. The Morgan fingerprint density at radius 3 is 1.79 bits per heavy atom. The minimum atomic E-state index is -1.74. The molecule has 0 aliphatic rings. The van der Waals surface area contributed by atoms with Crippen molar-refractivity contribution in [3.8, 4) is 0 Å². The zero-order valence-corrected chi connectivity index (χ0v) is 9.80. The van der Waals surface area contributed by atoms with Gasteiger partial charge in [0.25, 0.3) is 0 Å². The molecule has 14 heavy (non-hydrogen) atoms. The number of nitrogens with two attached hydrogens (primary N) is 1. The van der Waals surface area contributed by atoms with Gasteiger partial charge in [0.1, 0.15) is 0 Å². The van der Waals surface area contributed by atoms with Crippen molar-refractivity contribution in [2.75, 3.05) is 18.5 Å². The van der Waals surface area contributed by atoms with E-state index in [4.69, 9.17) is 5.73 Å². The average molecular weight is 268 g/mol. The third-order valence-electron chi connectivity index (χ3n) is 1.49. The van der Waals surface area contributed by atoms with E-state index < -0.39 is 17.5 Å². The van der Waals surface area contributed by atoms with Gasteiger partial charge in [0.15, 0.2) is 0 Å². The number of hydrogen-bond donors (Lipinski definition) is 1. The molecule has 0 aliphatic heterocycles. The number of esters is 2. The van der Waals surface area contributed by atoms with Crippen LogP contribution in [0, 0.1) is 0 Å². The summed E-state index contributed by atoms with van der Waals surface area (Å²) < 4.78 is 9.34. The van der Waals surface area contributed by atoms with E-state index in [-0.39, 0.29) is 18.5 Å². The van der Waals surface area contributed by atoms with Crippen molar-refractivity contribution in [2.24, 2.45) is 5.73 Å². The van der Waals surface area contributed by atoms with E-state index >= 15 is 0 Å². The van der Waals surface area contributed by atoms with Crippen LogP contribution in [0.1, 0.15) is 13.8 Å². The Kier molecular flexibility index (Phi) is 5.71. The number of carbonyl (C=O) groups is 2. The van der Waals surface area contributed by atoms with Gasteiger partial charge in [-0.25, -0.2) is 9.59 Å². The molecule has 0 aliphatic carbocycles. The minimum Gasteiger partial charge on any atom is -0.464 e. The van der Waals surface area contributed by atoms with Gasteiger partial charge in [-0.1, -0.05) is 15.9 Å². The van der Waals surface area contributed by atoms with Gasteiger partial charge in [0, 0.05) is 5.33 Å². The topological polar surface area (TPSA) is 78.6 Å². The van der Waals surface area contributed by atoms with Crippen molar-refractivity contribution < 1.29 is 19.1 Å². The summed E-state index contributed by atoms with van der Waals surface area (Å²) in [6.07, 6.45) is 0. The molecule has 0 radical (unpaired) electrons. The quantitative estimate of drug-likeness (QED) is 0.438. The summed E-state index contributed by atoms with van der Waals surface area (Å²) >= 11 is 2.99. The molecule has 2 N–H and O–H groups in total. The number of halogens is 1. The zero-order valence-electron chi connectivity index (χ0n) is 8.21. The second-order valence-corrected chi connectivity index (χ2v) is 3.11. The lowest BCUT2D eigenvalue weighted by Gasteiger charge is -2.22. The van der Waals surface area contributed by atoms with E-state index in [1.54, 1.807) is 13.8 Å². The third-order valence-corrected chi connectivity index (χ3v) is 2.37. The smallest absolute Gasteiger partial charge is 0.338 e. The van der Waals surface area contributed by atoms with E-state index in [1.807, 2.05) is 0 Å². The van der Waals surface area contributed by atoms with Crippen LogP contribution in [0.25, 0.3) is 0 Å². The second-order valence-electron chi connectivity index (χ2n) is 2.55. The van der Waals surface area contributed by atoms with E-state index in [0.29, 0.717) is 0 Å². The van der Waals surface area contributed by atoms with E-state index in [1.165, 1.54) is 0 Å². The van der Waals surface area contributed by atoms with Gasteiger partial charge in [-0.2, -0.15) is 0 Å². The highest BCUT2D eigenvalue weighted by Gasteiger charge is 2.44. The molecule has 0 heterocycles. The molecular formula is C8H14BrNO4. The monoisotopic (exact) mass is 267 g/mol. The first-order chi connectivity index (χ1) is 6.52. The summed E-state index contributed by atoms with van der Waals surface area (Å²) in [5.74, 6) is -1.56. The van der Waals surface area contributed by atoms with Crippen LogP contribution in [-0.2, 0) is 19.1 Å². The fourth-order valence-electron chi connectivity index (χ4n) is 0.712. The van der Waals surface area contributed by atoms with Crippen LogP contribution in [-0.4, -0.2) is 36.0 Å². The second kappa shape index (κ2) is 5.98. The Bertz CT molecular complexity index is 201. The molecular weight excluding hydrogens is 254 g/mol. The normalized spacial score (nSPS) is 10.9. The van der Waals surface area contributed by atoms with Crippen LogP contribution in [0.3, 0.4) is 0 Å². The summed E-state index contributed by atoms with van der Waals surface area (Å²) in [5, 5.41) is -0.0301. The van der Waals surface area contributed by atoms with Crippen molar-refractivity contribution in [2.45, 2.75) is 19.4 Å². The molecule has 0 aromatic heterocycles. The van der Waals surface area contributed by atoms with Gasteiger partial charge in [0.2, 0.25) is 5.54 Å². The molecule has 0 unspecified atom stereocenters. The highest BCUT2D eigenvalue weighted by atomic mass is 79.9.